The second-order valence-corrected chi connectivity index (χ2v) is 6.19. The maximum absolute atomic E-state index is 12.9. The first kappa shape index (κ1) is 20.3. The summed E-state index contributed by atoms with van der Waals surface area (Å²) in [5.74, 6) is 0.0787. The van der Waals surface area contributed by atoms with E-state index in [9.17, 15) is 18.3 Å². The summed E-state index contributed by atoms with van der Waals surface area (Å²) >= 11 is 5.64. The zero-order valence-corrected chi connectivity index (χ0v) is 13.6. The van der Waals surface area contributed by atoms with Gasteiger partial charge in [-0.05, 0) is 36.5 Å². The minimum atomic E-state index is -4.46. The number of carboxylic acid groups (broad SMARTS) is 2. The minimum Gasteiger partial charge on any atom is -0.450 e. The van der Waals surface area contributed by atoms with E-state index in [1.807, 2.05) is 19.1 Å². The topological polar surface area (TPSA) is 77.8 Å². The molecular formula is C16H18ClF3O4. The van der Waals surface area contributed by atoms with Gasteiger partial charge in [0.1, 0.15) is 0 Å². The third kappa shape index (κ3) is 5.42. The number of halogens is 4. The van der Waals surface area contributed by atoms with Gasteiger partial charge in [-0.25, -0.2) is 4.79 Å². The van der Waals surface area contributed by atoms with Crippen molar-refractivity contribution in [2.45, 2.75) is 31.4 Å². The predicted molar refractivity (Wildman–Crippen MR) is 83.4 cm³/mol. The second-order valence-electron chi connectivity index (χ2n) is 5.78. The van der Waals surface area contributed by atoms with Crippen LogP contribution in [-0.2, 0) is 11.6 Å². The van der Waals surface area contributed by atoms with Crippen LogP contribution in [-0.4, -0.2) is 28.1 Å². The number of allylic oxidation sites excluding steroid dienone is 2. The number of hydrogen-bond acceptors (Lipinski definition) is 2. The van der Waals surface area contributed by atoms with Gasteiger partial charge in [0.2, 0.25) is 0 Å². The standard InChI is InChI=1S/C15H16ClF3O.CH2O3/c1-14(6-2-3-10(8-14)9-20)11-4-5-13(16)12(7-11)15(17,18)19;2-1(3)4/h2,4-7,10,20H,3,8-9H2,1H3;(H2,2,3,4). The molecule has 0 radical (unpaired) electrons. The highest BCUT2D eigenvalue weighted by molar-refractivity contribution is 6.31. The van der Waals surface area contributed by atoms with E-state index in [0.717, 1.165) is 12.5 Å². The maximum Gasteiger partial charge on any atom is 0.503 e. The normalized spacial score (nSPS) is 23.3. The summed E-state index contributed by atoms with van der Waals surface area (Å²) in [6, 6.07) is 4.04. The molecule has 0 aromatic heterocycles. The van der Waals surface area contributed by atoms with E-state index < -0.39 is 23.3 Å². The molecule has 1 aliphatic rings. The van der Waals surface area contributed by atoms with Crippen molar-refractivity contribution in [3.05, 3.63) is 46.5 Å². The summed E-state index contributed by atoms with van der Waals surface area (Å²) in [6.45, 7) is 1.92. The van der Waals surface area contributed by atoms with Crippen LogP contribution in [0.1, 0.15) is 30.9 Å². The Kier molecular flexibility index (Phi) is 6.68. The lowest BCUT2D eigenvalue weighted by molar-refractivity contribution is -0.137. The Morgan fingerprint density at radius 1 is 1.38 bits per heavy atom. The summed E-state index contributed by atoms with van der Waals surface area (Å²) in [7, 11) is 0. The van der Waals surface area contributed by atoms with Crippen molar-refractivity contribution in [2.24, 2.45) is 5.92 Å². The van der Waals surface area contributed by atoms with Crippen molar-refractivity contribution in [2.75, 3.05) is 6.61 Å². The molecule has 2 unspecified atom stereocenters. The van der Waals surface area contributed by atoms with Crippen molar-refractivity contribution in [3.8, 4) is 0 Å². The molecule has 0 aliphatic heterocycles. The number of alkyl halides is 3. The Morgan fingerprint density at radius 3 is 2.46 bits per heavy atom. The smallest absolute Gasteiger partial charge is 0.450 e. The molecule has 0 heterocycles. The molecule has 2 atom stereocenters. The second kappa shape index (κ2) is 7.90. The lowest BCUT2D eigenvalue weighted by Crippen LogP contribution is -2.28. The van der Waals surface area contributed by atoms with Crippen LogP contribution in [0.3, 0.4) is 0 Å². The average Bonchev–Trinajstić information content (AvgIpc) is 2.45. The Labute approximate surface area is 142 Å². The van der Waals surface area contributed by atoms with Gasteiger partial charge in [-0.3, -0.25) is 0 Å². The van der Waals surface area contributed by atoms with E-state index in [-0.39, 0.29) is 17.5 Å². The number of hydrogen-bond donors (Lipinski definition) is 3. The highest BCUT2D eigenvalue weighted by Crippen LogP contribution is 2.41. The molecule has 1 aliphatic carbocycles. The van der Waals surface area contributed by atoms with Gasteiger partial charge in [-0.1, -0.05) is 36.7 Å². The molecule has 0 bridgehead atoms. The lowest BCUT2D eigenvalue weighted by Gasteiger charge is -2.34. The fourth-order valence-electron chi connectivity index (χ4n) is 2.72. The molecule has 1 aromatic carbocycles. The van der Waals surface area contributed by atoms with Crippen LogP contribution in [0.25, 0.3) is 0 Å². The molecular weight excluding hydrogens is 349 g/mol. The van der Waals surface area contributed by atoms with E-state index in [1.54, 1.807) is 6.07 Å². The van der Waals surface area contributed by atoms with Gasteiger partial charge in [-0.15, -0.1) is 0 Å². The van der Waals surface area contributed by atoms with Crippen molar-refractivity contribution >= 4 is 17.8 Å². The molecule has 1 aromatic rings. The van der Waals surface area contributed by atoms with Gasteiger partial charge in [0, 0.05) is 12.0 Å². The summed E-state index contributed by atoms with van der Waals surface area (Å²) < 4.78 is 38.8. The van der Waals surface area contributed by atoms with Crippen molar-refractivity contribution in [1.82, 2.24) is 0 Å². The SMILES string of the molecule is CC1(c2ccc(Cl)c(C(F)(F)F)c2)C=CCC(CO)C1.O=C(O)O. The molecule has 0 amide bonds. The first-order valence-electron chi connectivity index (χ1n) is 7.07. The Morgan fingerprint density at radius 2 is 1.96 bits per heavy atom. The monoisotopic (exact) mass is 366 g/mol. The Bertz CT molecular complexity index is 612. The van der Waals surface area contributed by atoms with Gasteiger partial charge in [0.05, 0.1) is 10.6 Å². The Hall–Kier alpha value is -1.73. The van der Waals surface area contributed by atoms with Gasteiger partial charge in [-0.2, -0.15) is 13.2 Å². The van der Waals surface area contributed by atoms with Crippen LogP contribution < -0.4 is 0 Å². The van der Waals surface area contributed by atoms with Gasteiger partial charge >= 0.3 is 12.3 Å². The Balaban J connectivity index is 0.000000648. The fourth-order valence-corrected chi connectivity index (χ4v) is 2.95. The molecule has 2 rings (SSSR count). The number of carbonyl (C=O) groups is 1. The summed E-state index contributed by atoms with van der Waals surface area (Å²) in [4.78, 5) is 8.56. The zero-order chi connectivity index (χ0) is 18.5. The molecule has 3 N–H and O–H groups in total. The molecule has 24 heavy (non-hydrogen) atoms. The number of aliphatic hydroxyl groups excluding tert-OH is 1. The first-order chi connectivity index (χ1) is 11.0. The third-order valence-corrected chi connectivity index (χ3v) is 4.19. The van der Waals surface area contributed by atoms with Crippen LogP contribution in [0.5, 0.6) is 0 Å². The van der Waals surface area contributed by atoms with Crippen LogP contribution in [0, 0.1) is 5.92 Å². The molecule has 0 saturated heterocycles. The van der Waals surface area contributed by atoms with Crippen molar-refractivity contribution < 1.29 is 33.3 Å². The van der Waals surface area contributed by atoms with E-state index in [1.165, 1.54) is 6.07 Å². The van der Waals surface area contributed by atoms with E-state index in [4.69, 9.17) is 26.6 Å². The average molecular weight is 367 g/mol. The van der Waals surface area contributed by atoms with Crippen molar-refractivity contribution in [3.63, 3.8) is 0 Å². The number of rotatable bonds is 2. The fraction of sp³-hybridized carbons (Fsp3) is 0.438. The molecule has 0 spiro atoms. The van der Waals surface area contributed by atoms with Gasteiger partial charge in [0.15, 0.2) is 0 Å². The molecule has 8 heteroatoms. The quantitative estimate of drug-likeness (QED) is 0.657. The van der Waals surface area contributed by atoms with Gasteiger partial charge in [0.25, 0.3) is 0 Å². The minimum absolute atomic E-state index is 0.0413. The van der Waals surface area contributed by atoms with Crippen LogP contribution in [0.4, 0.5) is 18.0 Å². The van der Waals surface area contributed by atoms with E-state index in [0.29, 0.717) is 12.0 Å². The predicted octanol–water partition coefficient (Wildman–Crippen LogP) is 4.80. The lowest BCUT2D eigenvalue weighted by atomic mass is 9.71. The van der Waals surface area contributed by atoms with Crippen molar-refractivity contribution in [1.29, 1.82) is 0 Å². The largest absolute Gasteiger partial charge is 0.503 e. The van der Waals surface area contributed by atoms with Gasteiger partial charge < -0.3 is 15.3 Å². The molecule has 0 saturated carbocycles. The molecule has 134 valence electrons. The molecule has 4 nitrogen and oxygen atoms in total. The highest BCUT2D eigenvalue weighted by Gasteiger charge is 2.36. The first-order valence-corrected chi connectivity index (χ1v) is 7.45. The zero-order valence-electron chi connectivity index (χ0n) is 12.8. The third-order valence-electron chi connectivity index (χ3n) is 3.86. The van der Waals surface area contributed by atoms with E-state index in [2.05, 4.69) is 0 Å². The van der Waals surface area contributed by atoms with E-state index >= 15 is 0 Å². The van der Waals surface area contributed by atoms with Crippen LogP contribution in [0.15, 0.2) is 30.4 Å². The van der Waals surface area contributed by atoms with Crippen LogP contribution in [0.2, 0.25) is 5.02 Å². The van der Waals surface area contributed by atoms with Crippen LogP contribution >= 0.6 is 11.6 Å². The summed E-state index contributed by atoms with van der Waals surface area (Å²) in [5.41, 5.74) is -0.739. The maximum atomic E-state index is 12.9. The summed E-state index contributed by atoms with van der Waals surface area (Å²) in [6.07, 6.45) is -1.07. The number of aliphatic hydroxyl groups is 1. The molecule has 0 fully saturated rings. The number of benzene rings is 1. The highest BCUT2D eigenvalue weighted by atomic mass is 35.5. The summed E-state index contributed by atoms with van der Waals surface area (Å²) in [5, 5.41) is 22.9.